The number of hydrogen-bond donors (Lipinski definition) is 3. The molecule has 2 aromatic rings. The predicted molar refractivity (Wildman–Crippen MR) is 130 cm³/mol. The summed E-state index contributed by atoms with van der Waals surface area (Å²) in [6, 6.07) is 15.5. The molecule has 3 atom stereocenters. The molecule has 3 N–H and O–H groups in total. The van der Waals surface area contributed by atoms with Crippen molar-refractivity contribution in [2.24, 2.45) is 0 Å². The fourth-order valence-corrected chi connectivity index (χ4v) is 4.83. The molecule has 1 aliphatic carbocycles. The molecule has 1 heterocycles. The first-order valence-electron chi connectivity index (χ1n) is 12.3. The molecular formula is C27H32N2O6. The van der Waals surface area contributed by atoms with Gasteiger partial charge in [-0.15, -0.1) is 0 Å². The molecule has 8 heteroatoms. The number of unbranched alkanes of at least 4 members (excludes halogenated alkanes) is 1. The van der Waals surface area contributed by atoms with E-state index in [1.54, 1.807) is 0 Å². The average Bonchev–Trinajstić information content (AvgIpc) is 3.47. The molecule has 2 unspecified atom stereocenters. The van der Waals surface area contributed by atoms with Gasteiger partial charge in [0.05, 0.1) is 6.10 Å². The Bertz CT molecular complexity index is 1030. The Labute approximate surface area is 205 Å². The first-order chi connectivity index (χ1) is 17.0. The van der Waals surface area contributed by atoms with E-state index in [2.05, 4.69) is 34.9 Å². The second-order valence-corrected chi connectivity index (χ2v) is 9.07. The van der Waals surface area contributed by atoms with E-state index in [4.69, 9.17) is 14.6 Å². The third-order valence-corrected chi connectivity index (χ3v) is 6.69. The van der Waals surface area contributed by atoms with Gasteiger partial charge < -0.3 is 25.2 Å². The molecule has 35 heavy (non-hydrogen) atoms. The number of carboxylic acids is 1. The lowest BCUT2D eigenvalue weighted by atomic mass is 9.98. The molecule has 2 amide bonds. The van der Waals surface area contributed by atoms with Crippen LogP contribution in [0.4, 0.5) is 4.79 Å². The van der Waals surface area contributed by atoms with E-state index >= 15 is 0 Å². The maximum Gasteiger partial charge on any atom is 0.407 e. The summed E-state index contributed by atoms with van der Waals surface area (Å²) in [5.74, 6) is -1.37. The van der Waals surface area contributed by atoms with Crippen molar-refractivity contribution < 1.29 is 29.0 Å². The number of carbonyl (C=O) groups excluding carboxylic acids is 2. The Kier molecular flexibility index (Phi) is 8.02. The zero-order valence-corrected chi connectivity index (χ0v) is 19.9. The van der Waals surface area contributed by atoms with E-state index in [0.29, 0.717) is 19.3 Å². The van der Waals surface area contributed by atoms with Crippen LogP contribution in [0.15, 0.2) is 48.5 Å². The number of aliphatic carboxylic acids is 1. The topological polar surface area (TPSA) is 114 Å². The van der Waals surface area contributed by atoms with Crippen LogP contribution in [-0.2, 0) is 19.1 Å². The van der Waals surface area contributed by atoms with Gasteiger partial charge in [0.2, 0.25) is 5.91 Å². The van der Waals surface area contributed by atoms with Crippen LogP contribution in [0.1, 0.15) is 56.1 Å². The minimum absolute atomic E-state index is 0.0576. The van der Waals surface area contributed by atoms with Crippen LogP contribution in [0.5, 0.6) is 0 Å². The number of hydrogen-bond acceptors (Lipinski definition) is 5. The number of benzene rings is 2. The Morgan fingerprint density at radius 2 is 1.71 bits per heavy atom. The molecule has 1 aliphatic heterocycles. The number of rotatable bonds is 10. The van der Waals surface area contributed by atoms with Crippen LogP contribution in [-0.4, -0.2) is 54.5 Å². The van der Waals surface area contributed by atoms with Gasteiger partial charge in [-0.3, -0.25) is 4.79 Å². The number of carbonyl (C=O) groups is 3. The molecule has 0 spiro atoms. The van der Waals surface area contributed by atoms with Gasteiger partial charge in [-0.25, -0.2) is 9.59 Å². The van der Waals surface area contributed by atoms with Gasteiger partial charge in [-0.1, -0.05) is 68.3 Å². The highest BCUT2D eigenvalue weighted by Crippen LogP contribution is 2.44. The summed E-state index contributed by atoms with van der Waals surface area (Å²) in [7, 11) is 0. The number of fused-ring (bicyclic) bond motifs is 3. The van der Waals surface area contributed by atoms with Crippen molar-refractivity contribution in [3.8, 4) is 11.1 Å². The maximum atomic E-state index is 12.8. The number of carboxylic acid groups (broad SMARTS) is 1. The van der Waals surface area contributed by atoms with E-state index in [1.807, 2.05) is 31.2 Å². The van der Waals surface area contributed by atoms with Gasteiger partial charge in [-0.2, -0.15) is 0 Å². The summed E-state index contributed by atoms with van der Waals surface area (Å²) < 4.78 is 11.0. The van der Waals surface area contributed by atoms with Gasteiger partial charge in [-0.05, 0) is 41.5 Å². The monoisotopic (exact) mass is 480 g/mol. The van der Waals surface area contributed by atoms with E-state index < -0.39 is 24.2 Å². The molecule has 0 bridgehead atoms. The van der Waals surface area contributed by atoms with Crippen molar-refractivity contribution in [1.82, 2.24) is 10.6 Å². The molecule has 0 radical (unpaired) electrons. The highest BCUT2D eigenvalue weighted by Gasteiger charge is 2.32. The van der Waals surface area contributed by atoms with Crippen molar-refractivity contribution in [2.45, 2.75) is 63.2 Å². The molecule has 1 fully saturated rings. The van der Waals surface area contributed by atoms with Crippen LogP contribution >= 0.6 is 0 Å². The van der Waals surface area contributed by atoms with Crippen molar-refractivity contribution in [3.63, 3.8) is 0 Å². The number of amides is 2. The van der Waals surface area contributed by atoms with E-state index in [-0.39, 0.29) is 31.1 Å². The SMILES string of the molecule is CCCC[C@H](NC(=O)OCC1c2ccccc2-c2ccccc21)C(=O)NCC1CCC(C(=O)O)O1. The van der Waals surface area contributed by atoms with Gasteiger partial charge in [0, 0.05) is 12.5 Å². The first kappa shape index (κ1) is 24.7. The quantitative estimate of drug-likeness (QED) is 0.476. The third kappa shape index (κ3) is 5.82. The standard InChI is InChI=1S/C27H32N2O6/c1-2-3-12-23(25(30)28-15-17-13-14-24(35-17)26(31)32)29-27(33)34-16-22-20-10-6-4-8-18(20)19-9-5-7-11-21(19)22/h4-11,17,22-24H,2-3,12-16H2,1H3,(H,28,30)(H,29,33)(H,31,32)/t17?,23-,24?/m0/s1. The molecule has 8 nitrogen and oxygen atoms in total. The van der Waals surface area contributed by atoms with Crippen LogP contribution < -0.4 is 10.6 Å². The van der Waals surface area contributed by atoms with Crippen molar-refractivity contribution >= 4 is 18.0 Å². The first-order valence-corrected chi connectivity index (χ1v) is 12.3. The smallest absolute Gasteiger partial charge is 0.407 e. The Balaban J connectivity index is 1.32. The summed E-state index contributed by atoms with van der Waals surface area (Å²) in [6.07, 6.45) is 1.31. The van der Waals surface area contributed by atoms with E-state index in [1.165, 1.54) is 0 Å². The van der Waals surface area contributed by atoms with E-state index in [9.17, 15) is 14.4 Å². The van der Waals surface area contributed by atoms with Crippen LogP contribution in [0, 0.1) is 0 Å². The Morgan fingerprint density at radius 3 is 2.31 bits per heavy atom. The van der Waals surface area contributed by atoms with Crippen LogP contribution in [0.2, 0.25) is 0 Å². The Morgan fingerprint density at radius 1 is 1.06 bits per heavy atom. The molecule has 2 aromatic carbocycles. The molecule has 2 aliphatic rings. The number of alkyl carbamates (subject to hydrolysis) is 1. The highest BCUT2D eigenvalue weighted by molar-refractivity contribution is 5.85. The zero-order chi connectivity index (χ0) is 24.8. The minimum Gasteiger partial charge on any atom is -0.479 e. The fourth-order valence-electron chi connectivity index (χ4n) is 4.83. The lowest BCUT2D eigenvalue weighted by molar-refractivity contribution is -0.149. The highest BCUT2D eigenvalue weighted by atomic mass is 16.5. The number of ether oxygens (including phenoxy) is 2. The Hall–Kier alpha value is -3.39. The fraction of sp³-hybridized carbons (Fsp3) is 0.444. The third-order valence-electron chi connectivity index (χ3n) is 6.69. The van der Waals surface area contributed by atoms with Gasteiger partial charge in [0.15, 0.2) is 6.10 Å². The summed E-state index contributed by atoms with van der Waals surface area (Å²) in [5.41, 5.74) is 4.55. The molecule has 4 rings (SSSR count). The van der Waals surface area contributed by atoms with Crippen molar-refractivity contribution in [1.29, 1.82) is 0 Å². The average molecular weight is 481 g/mol. The van der Waals surface area contributed by atoms with Gasteiger partial charge >= 0.3 is 12.1 Å². The van der Waals surface area contributed by atoms with Crippen molar-refractivity contribution in [3.05, 3.63) is 59.7 Å². The van der Waals surface area contributed by atoms with Crippen LogP contribution in [0.25, 0.3) is 11.1 Å². The summed E-state index contributed by atoms with van der Waals surface area (Å²) in [4.78, 5) is 36.5. The second kappa shape index (κ2) is 11.4. The summed E-state index contributed by atoms with van der Waals surface area (Å²) >= 11 is 0. The normalized spacial score (nSPS) is 19.5. The minimum atomic E-state index is -0.989. The lowest BCUT2D eigenvalue weighted by Gasteiger charge is -2.20. The van der Waals surface area contributed by atoms with Gasteiger partial charge in [0.1, 0.15) is 12.6 Å². The molecule has 0 saturated carbocycles. The van der Waals surface area contributed by atoms with Crippen molar-refractivity contribution in [2.75, 3.05) is 13.2 Å². The zero-order valence-electron chi connectivity index (χ0n) is 19.9. The summed E-state index contributed by atoms with van der Waals surface area (Å²) in [5, 5.41) is 14.6. The summed E-state index contributed by atoms with van der Waals surface area (Å²) in [6.45, 7) is 2.40. The second-order valence-electron chi connectivity index (χ2n) is 9.07. The molecule has 0 aromatic heterocycles. The van der Waals surface area contributed by atoms with E-state index in [0.717, 1.165) is 35.1 Å². The molecule has 1 saturated heterocycles. The van der Waals surface area contributed by atoms with Crippen LogP contribution in [0.3, 0.4) is 0 Å². The number of nitrogens with one attached hydrogen (secondary N) is 2. The van der Waals surface area contributed by atoms with Gasteiger partial charge in [0.25, 0.3) is 0 Å². The lowest BCUT2D eigenvalue weighted by Crippen LogP contribution is -2.48. The predicted octanol–water partition coefficient (Wildman–Crippen LogP) is 3.83. The maximum absolute atomic E-state index is 12.8. The molecular weight excluding hydrogens is 448 g/mol. The molecule has 186 valence electrons. The largest absolute Gasteiger partial charge is 0.479 e.